The van der Waals surface area contributed by atoms with Crippen LogP contribution in [0.25, 0.3) is 0 Å². The Hall–Kier alpha value is -3.09. The van der Waals surface area contributed by atoms with Crippen LogP contribution >= 0.6 is 0 Å². The third-order valence-corrected chi connectivity index (χ3v) is 4.33. The number of hydrogen-bond acceptors (Lipinski definition) is 5. The van der Waals surface area contributed by atoms with Gasteiger partial charge >= 0.3 is 5.97 Å². The first kappa shape index (κ1) is 17.7. The highest BCUT2D eigenvalue weighted by atomic mass is 16.5. The van der Waals surface area contributed by atoms with E-state index < -0.39 is 23.5 Å². The van der Waals surface area contributed by atoms with Crippen LogP contribution in [-0.2, 0) is 16.0 Å². The van der Waals surface area contributed by atoms with Crippen molar-refractivity contribution in [2.75, 3.05) is 10.6 Å². The molecule has 1 unspecified atom stereocenters. The van der Waals surface area contributed by atoms with Crippen LogP contribution in [0, 0.1) is 0 Å². The lowest BCUT2D eigenvalue weighted by molar-refractivity contribution is -0.143. The van der Waals surface area contributed by atoms with E-state index in [0.717, 1.165) is 5.56 Å². The zero-order valence-corrected chi connectivity index (χ0v) is 14.7. The number of nitrogen functional groups attached to an aromatic ring is 1. The first-order chi connectivity index (χ1) is 12.3. The number of carbonyl (C=O) groups is 2. The number of benzene rings is 1. The Morgan fingerprint density at radius 1 is 1.27 bits per heavy atom. The number of aliphatic carboxylic acids is 1. The van der Waals surface area contributed by atoms with E-state index in [4.69, 9.17) is 10.5 Å². The Labute approximate surface area is 151 Å². The van der Waals surface area contributed by atoms with Crippen LogP contribution in [0.5, 0.6) is 5.75 Å². The SMILES string of the molecule is CC1(C)Oc2ccc(N)nc2N(C(CCc2ccccc2)C(=O)O)C1=O. The molecule has 7 heteroatoms. The fourth-order valence-electron chi connectivity index (χ4n) is 3.01. The zero-order chi connectivity index (χ0) is 18.9. The Morgan fingerprint density at radius 2 is 1.96 bits per heavy atom. The molecule has 0 saturated heterocycles. The predicted molar refractivity (Wildman–Crippen MR) is 97.0 cm³/mol. The van der Waals surface area contributed by atoms with Crippen molar-refractivity contribution >= 4 is 23.5 Å². The van der Waals surface area contributed by atoms with Crippen molar-refractivity contribution < 1.29 is 19.4 Å². The molecule has 0 spiro atoms. The first-order valence-electron chi connectivity index (χ1n) is 8.35. The molecule has 1 aromatic carbocycles. The summed E-state index contributed by atoms with van der Waals surface area (Å²) in [5, 5.41) is 9.79. The Bertz CT molecular complexity index is 836. The molecule has 7 nitrogen and oxygen atoms in total. The molecule has 1 aliphatic heterocycles. The van der Waals surface area contributed by atoms with Crippen LogP contribution in [0.15, 0.2) is 42.5 Å². The standard InChI is InChI=1S/C19H21N3O4/c1-19(2)18(25)22(16-14(26-19)10-11-15(20)21-16)13(17(23)24)9-8-12-6-4-3-5-7-12/h3-7,10-11,13H,8-9H2,1-2H3,(H2,20,21)(H,23,24). The molecule has 0 aliphatic carbocycles. The van der Waals surface area contributed by atoms with Gasteiger partial charge in [0.25, 0.3) is 5.91 Å². The largest absolute Gasteiger partial charge is 0.480 e. The molecule has 1 aliphatic rings. The predicted octanol–water partition coefficient (Wildman–Crippen LogP) is 2.25. The topological polar surface area (TPSA) is 106 Å². The number of hydrogen-bond donors (Lipinski definition) is 2. The number of aromatic nitrogens is 1. The molecule has 1 atom stereocenters. The molecule has 2 aromatic rings. The van der Waals surface area contributed by atoms with Gasteiger partial charge in [-0.25, -0.2) is 9.78 Å². The van der Waals surface area contributed by atoms with E-state index in [0.29, 0.717) is 12.2 Å². The van der Waals surface area contributed by atoms with Crippen molar-refractivity contribution in [2.45, 2.75) is 38.3 Å². The summed E-state index contributed by atoms with van der Waals surface area (Å²) >= 11 is 0. The number of nitrogens with zero attached hydrogens (tertiary/aromatic N) is 2. The van der Waals surface area contributed by atoms with E-state index >= 15 is 0 Å². The number of carboxylic acid groups (broad SMARTS) is 1. The molecule has 3 rings (SSSR count). The molecule has 0 fully saturated rings. The molecular weight excluding hydrogens is 334 g/mol. The van der Waals surface area contributed by atoms with Gasteiger partial charge < -0.3 is 15.6 Å². The zero-order valence-electron chi connectivity index (χ0n) is 14.7. The number of amides is 1. The number of carboxylic acids is 1. The average Bonchev–Trinajstić information content (AvgIpc) is 2.59. The molecule has 3 N–H and O–H groups in total. The number of ether oxygens (including phenoxy) is 1. The molecule has 1 aromatic heterocycles. The van der Waals surface area contributed by atoms with E-state index in [9.17, 15) is 14.7 Å². The Balaban J connectivity index is 1.98. The van der Waals surface area contributed by atoms with E-state index in [2.05, 4.69) is 4.98 Å². The number of nitrogens with two attached hydrogens (primary N) is 1. The van der Waals surface area contributed by atoms with E-state index in [-0.39, 0.29) is 18.1 Å². The minimum absolute atomic E-state index is 0.148. The van der Waals surface area contributed by atoms with Gasteiger partial charge in [0.15, 0.2) is 17.2 Å². The third-order valence-electron chi connectivity index (χ3n) is 4.33. The smallest absolute Gasteiger partial charge is 0.326 e. The molecule has 26 heavy (non-hydrogen) atoms. The Morgan fingerprint density at radius 3 is 2.62 bits per heavy atom. The van der Waals surface area contributed by atoms with Gasteiger partial charge in [-0.1, -0.05) is 30.3 Å². The highest BCUT2D eigenvalue weighted by Gasteiger charge is 2.46. The van der Waals surface area contributed by atoms with Gasteiger partial charge in [0.2, 0.25) is 0 Å². The minimum Gasteiger partial charge on any atom is -0.480 e. The maximum atomic E-state index is 12.9. The molecule has 0 saturated carbocycles. The van der Waals surface area contributed by atoms with Crippen LogP contribution in [0.3, 0.4) is 0 Å². The van der Waals surface area contributed by atoms with Gasteiger partial charge in [0, 0.05) is 0 Å². The molecular formula is C19H21N3O4. The maximum Gasteiger partial charge on any atom is 0.326 e. The number of pyridine rings is 1. The van der Waals surface area contributed by atoms with Gasteiger partial charge in [0.1, 0.15) is 11.9 Å². The van der Waals surface area contributed by atoms with Crippen LogP contribution in [0.2, 0.25) is 0 Å². The molecule has 0 radical (unpaired) electrons. The molecule has 2 heterocycles. The fraction of sp³-hybridized carbons (Fsp3) is 0.316. The summed E-state index contributed by atoms with van der Waals surface area (Å²) in [6.07, 6.45) is 0.762. The van der Waals surface area contributed by atoms with Crippen molar-refractivity contribution in [3.05, 3.63) is 48.0 Å². The Kier molecular flexibility index (Phi) is 4.54. The number of aryl methyl sites for hydroxylation is 1. The second kappa shape index (κ2) is 6.67. The normalized spacial score (nSPS) is 16.5. The highest BCUT2D eigenvalue weighted by molar-refractivity contribution is 6.05. The lowest BCUT2D eigenvalue weighted by atomic mass is 9.99. The average molecular weight is 355 g/mol. The number of carbonyl (C=O) groups excluding carboxylic acids is 1. The van der Waals surface area contributed by atoms with Gasteiger partial charge in [-0.3, -0.25) is 9.69 Å². The lowest BCUT2D eigenvalue weighted by Crippen LogP contribution is -2.58. The quantitative estimate of drug-likeness (QED) is 0.852. The second-order valence-corrected chi connectivity index (χ2v) is 6.72. The van der Waals surface area contributed by atoms with Crippen LogP contribution < -0.4 is 15.4 Å². The number of rotatable bonds is 5. The fourth-order valence-corrected chi connectivity index (χ4v) is 3.01. The van der Waals surface area contributed by atoms with E-state index in [1.165, 1.54) is 4.90 Å². The summed E-state index contributed by atoms with van der Waals surface area (Å²) in [5.74, 6) is -0.868. The van der Waals surface area contributed by atoms with Crippen molar-refractivity contribution in [1.29, 1.82) is 0 Å². The van der Waals surface area contributed by atoms with Gasteiger partial charge in [0.05, 0.1) is 0 Å². The minimum atomic E-state index is -1.19. The summed E-state index contributed by atoms with van der Waals surface area (Å²) in [6.45, 7) is 3.22. The first-order valence-corrected chi connectivity index (χ1v) is 8.35. The van der Waals surface area contributed by atoms with Crippen LogP contribution in [0.1, 0.15) is 25.8 Å². The lowest BCUT2D eigenvalue weighted by Gasteiger charge is -2.40. The highest BCUT2D eigenvalue weighted by Crippen LogP contribution is 2.38. The van der Waals surface area contributed by atoms with E-state index in [1.54, 1.807) is 26.0 Å². The molecule has 1 amide bonds. The van der Waals surface area contributed by atoms with Gasteiger partial charge in [-0.2, -0.15) is 0 Å². The maximum absolute atomic E-state index is 12.9. The van der Waals surface area contributed by atoms with Crippen molar-refractivity contribution in [1.82, 2.24) is 4.98 Å². The van der Waals surface area contributed by atoms with Gasteiger partial charge in [-0.15, -0.1) is 0 Å². The van der Waals surface area contributed by atoms with Crippen molar-refractivity contribution in [3.63, 3.8) is 0 Å². The van der Waals surface area contributed by atoms with Crippen LogP contribution in [-0.4, -0.2) is 33.6 Å². The van der Waals surface area contributed by atoms with Crippen LogP contribution in [0.4, 0.5) is 11.6 Å². The summed E-state index contributed by atoms with van der Waals surface area (Å²) < 4.78 is 5.71. The summed E-state index contributed by atoms with van der Waals surface area (Å²) in [7, 11) is 0. The summed E-state index contributed by atoms with van der Waals surface area (Å²) in [5.41, 5.74) is 5.56. The molecule has 0 bridgehead atoms. The second-order valence-electron chi connectivity index (χ2n) is 6.72. The summed E-state index contributed by atoms with van der Waals surface area (Å²) in [4.78, 5) is 30.3. The summed E-state index contributed by atoms with van der Waals surface area (Å²) in [6, 6.07) is 11.6. The number of fused-ring (bicyclic) bond motifs is 1. The third kappa shape index (κ3) is 3.33. The van der Waals surface area contributed by atoms with E-state index in [1.807, 2.05) is 30.3 Å². The number of anilines is 2. The monoisotopic (exact) mass is 355 g/mol. The van der Waals surface area contributed by atoms with Crippen molar-refractivity contribution in [2.24, 2.45) is 0 Å². The van der Waals surface area contributed by atoms with Crippen molar-refractivity contribution in [3.8, 4) is 5.75 Å². The van der Waals surface area contributed by atoms with Gasteiger partial charge in [-0.05, 0) is 44.4 Å². The molecule has 136 valence electrons.